The molecule has 0 bridgehead atoms. The average Bonchev–Trinajstić information content (AvgIpc) is 3.32. The Morgan fingerprint density at radius 3 is 2.17 bits per heavy atom. The van der Waals surface area contributed by atoms with Gasteiger partial charge in [-0.1, -0.05) is 0 Å². The van der Waals surface area contributed by atoms with Gasteiger partial charge in [0.2, 0.25) is 0 Å². The highest BCUT2D eigenvalue weighted by Crippen LogP contribution is 2.41. The number of rotatable bonds is 4. The SMILES string of the molecule is NC(=O)c1cc(C2CC2)c(C(N)=O)n(-c2ccc(F)cc2)c1=O. The number of carbonyl (C=O) groups excluding carboxylic acids is 2. The molecule has 1 saturated carbocycles. The van der Waals surface area contributed by atoms with Gasteiger partial charge < -0.3 is 11.5 Å². The number of pyridine rings is 1. The van der Waals surface area contributed by atoms with Crippen LogP contribution in [0.25, 0.3) is 5.69 Å². The minimum atomic E-state index is -0.885. The van der Waals surface area contributed by atoms with E-state index in [1.165, 1.54) is 18.2 Å². The number of carbonyl (C=O) groups is 2. The second-order valence-corrected chi connectivity index (χ2v) is 5.48. The third kappa shape index (κ3) is 2.61. The zero-order chi connectivity index (χ0) is 16.7. The quantitative estimate of drug-likeness (QED) is 0.880. The van der Waals surface area contributed by atoms with Crippen molar-refractivity contribution >= 4 is 11.8 Å². The van der Waals surface area contributed by atoms with Gasteiger partial charge in [0.15, 0.2) is 0 Å². The number of amides is 2. The second-order valence-electron chi connectivity index (χ2n) is 5.48. The minimum Gasteiger partial charge on any atom is -0.365 e. The first-order chi connectivity index (χ1) is 10.9. The maximum Gasteiger partial charge on any atom is 0.268 e. The summed E-state index contributed by atoms with van der Waals surface area (Å²) in [6.45, 7) is 0. The van der Waals surface area contributed by atoms with Crippen LogP contribution in [0.15, 0.2) is 35.1 Å². The van der Waals surface area contributed by atoms with Gasteiger partial charge in [-0.2, -0.15) is 0 Å². The fraction of sp³-hybridized carbons (Fsp3) is 0.188. The Bertz CT molecular complexity index is 867. The lowest BCUT2D eigenvalue weighted by Crippen LogP contribution is -2.35. The Morgan fingerprint density at radius 1 is 1.09 bits per heavy atom. The molecule has 0 spiro atoms. The topological polar surface area (TPSA) is 108 Å². The third-order valence-corrected chi connectivity index (χ3v) is 3.83. The van der Waals surface area contributed by atoms with Crippen molar-refractivity contribution in [3.8, 4) is 5.69 Å². The van der Waals surface area contributed by atoms with Gasteiger partial charge in [0.05, 0.1) is 0 Å². The van der Waals surface area contributed by atoms with Crippen LogP contribution in [0.1, 0.15) is 45.2 Å². The lowest BCUT2D eigenvalue weighted by atomic mass is 10.0. The van der Waals surface area contributed by atoms with E-state index < -0.39 is 23.2 Å². The van der Waals surface area contributed by atoms with Gasteiger partial charge in [-0.25, -0.2) is 4.39 Å². The summed E-state index contributed by atoms with van der Waals surface area (Å²) in [6, 6.07) is 6.33. The summed E-state index contributed by atoms with van der Waals surface area (Å²) in [5, 5.41) is 0. The molecule has 23 heavy (non-hydrogen) atoms. The molecule has 0 radical (unpaired) electrons. The highest BCUT2D eigenvalue weighted by atomic mass is 19.1. The molecule has 2 aromatic rings. The zero-order valence-corrected chi connectivity index (χ0v) is 12.1. The van der Waals surface area contributed by atoms with Gasteiger partial charge in [0.25, 0.3) is 17.4 Å². The zero-order valence-electron chi connectivity index (χ0n) is 12.1. The number of benzene rings is 1. The summed E-state index contributed by atoms with van der Waals surface area (Å²) in [7, 11) is 0. The molecular formula is C16H14FN3O3. The van der Waals surface area contributed by atoms with E-state index in [4.69, 9.17) is 11.5 Å². The summed E-state index contributed by atoms with van der Waals surface area (Å²) < 4.78 is 14.2. The summed E-state index contributed by atoms with van der Waals surface area (Å²) in [5.41, 5.74) is 10.5. The van der Waals surface area contributed by atoms with Crippen molar-refractivity contribution < 1.29 is 14.0 Å². The van der Waals surface area contributed by atoms with Crippen LogP contribution in [0.4, 0.5) is 4.39 Å². The lowest BCUT2D eigenvalue weighted by molar-refractivity contribution is 0.0979. The maximum atomic E-state index is 13.1. The number of primary amides is 2. The molecule has 0 unspecified atom stereocenters. The van der Waals surface area contributed by atoms with Gasteiger partial charge in [-0.15, -0.1) is 0 Å². The fourth-order valence-electron chi connectivity index (χ4n) is 2.61. The minimum absolute atomic E-state index is 0.00843. The molecule has 1 aliphatic rings. The Kier molecular flexibility index (Phi) is 3.48. The smallest absolute Gasteiger partial charge is 0.268 e. The Morgan fingerprint density at radius 2 is 1.70 bits per heavy atom. The van der Waals surface area contributed by atoms with Crippen molar-refractivity contribution in [2.24, 2.45) is 11.5 Å². The second kappa shape index (κ2) is 5.35. The monoisotopic (exact) mass is 315 g/mol. The summed E-state index contributed by atoms with van der Waals surface area (Å²) >= 11 is 0. The maximum absolute atomic E-state index is 13.1. The van der Waals surface area contributed by atoms with E-state index in [1.54, 1.807) is 0 Å². The van der Waals surface area contributed by atoms with Gasteiger partial charge in [0, 0.05) is 5.69 Å². The van der Waals surface area contributed by atoms with Gasteiger partial charge in [-0.05, 0) is 54.7 Å². The molecule has 7 heteroatoms. The van der Waals surface area contributed by atoms with Crippen molar-refractivity contribution in [3.05, 3.63) is 63.3 Å². The molecule has 0 aliphatic heterocycles. The molecule has 1 aromatic carbocycles. The van der Waals surface area contributed by atoms with E-state index in [1.807, 2.05) is 0 Å². The van der Waals surface area contributed by atoms with Crippen LogP contribution in [-0.2, 0) is 0 Å². The van der Waals surface area contributed by atoms with Gasteiger partial charge in [-0.3, -0.25) is 19.0 Å². The molecule has 1 fully saturated rings. The van der Waals surface area contributed by atoms with Crippen LogP contribution >= 0.6 is 0 Å². The number of hydrogen-bond acceptors (Lipinski definition) is 3. The van der Waals surface area contributed by atoms with Crippen LogP contribution in [-0.4, -0.2) is 16.4 Å². The van der Waals surface area contributed by atoms with E-state index in [0.717, 1.165) is 29.5 Å². The number of nitrogens with two attached hydrogens (primary N) is 2. The molecule has 2 amide bonds. The van der Waals surface area contributed by atoms with E-state index in [9.17, 15) is 18.8 Å². The third-order valence-electron chi connectivity index (χ3n) is 3.83. The summed E-state index contributed by atoms with van der Waals surface area (Å²) in [5.74, 6) is -2.10. The normalized spacial score (nSPS) is 13.8. The standard InChI is InChI=1S/C16H14FN3O3/c17-9-3-5-10(6-4-9)20-13(15(19)22)11(8-1-2-8)7-12(14(18)21)16(20)23/h3-8H,1-2H2,(H2,18,21)(H2,19,22). The number of hydrogen-bond donors (Lipinski definition) is 2. The Balaban J connectivity index is 2.39. The predicted molar refractivity (Wildman–Crippen MR) is 81.0 cm³/mol. The molecule has 4 N–H and O–H groups in total. The molecule has 1 aliphatic carbocycles. The summed E-state index contributed by atoms with van der Waals surface area (Å²) in [6.07, 6.45) is 1.67. The number of nitrogens with zero attached hydrogens (tertiary/aromatic N) is 1. The molecule has 1 heterocycles. The highest BCUT2D eigenvalue weighted by Gasteiger charge is 2.32. The molecule has 3 rings (SSSR count). The average molecular weight is 315 g/mol. The van der Waals surface area contributed by atoms with E-state index in [0.29, 0.717) is 5.56 Å². The van der Waals surface area contributed by atoms with Crippen molar-refractivity contribution in [3.63, 3.8) is 0 Å². The van der Waals surface area contributed by atoms with Crippen molar-refractivity contribution in [2.75, 3.05) is 0 Å². The van der Waals surface area contributed by atoms with Gasteiger partial charge in [0.1, 0.15) is 17.1 Å². The van der Waals surface area contributed by atoms with E-state index in [2.05, 4.69) is 0 Å². The van der Waals surface area contributed by atoms with Crippen LogP contribution in [0.5, 0.6) is 0 Å². The molecule has 6 nitrogen and oxygen atoms in total. The number of aromatic nitrogens is 1. The first-order valence-electron chi connectivity index (χ1n) is 7.05. The van der Waals surface area contributed by atoms with Crippen molar-refractivity contribution in [2.45, 2.75) is 18.8 Å². The van der Waals surface area contributed by atoms with Crippen molar-refractivity contribution in [1.82, 2.24) is 4.57 Å². The lowest BCUT2D eigenvalue weighted by Gasteiger charge is -2.16. The Labute approximate surface area is 130 Å². The van der Waals surface area contributed by atoms with E-state index in [-0.39, 0.29) is 22.9 Å². The molecule has 0 saturated heterocycles. The first kappa shape index (κ1) is 15.0. The summed E-state index contributed by atoms with van der Waals surface area (Å²) in [4.78, 5) is 36.1. The van der Waals surface area contributed by atoms with Crippen LogP contribution < -0.4 is 17.0 Å². The molecule has 0 atom stereocenters. The fourth-order valence-corrected chi connectivity index (χ4v) is 2.61. The van der Waals surface area contributed by atoms with Crippen LogP contribution in [0, 0.1) is 5.82 Å². The highest BCUT2D eigenvalue weighted by molar-refractivity contribution is 5.97. The predicted octanol–water partition coefficient (Wildman–Crippen LogP) is 1.05. The van der Waals surface area contributed by atoms with Crippen molar-refractivity contribution in [1.29, 1.82) is 0 Å². The van der Waals surface area contributed by atoms with Gasteiger partial charge >= 0.3 is 0 Å². The van der Waals surface area contributed by atoms with E-state index >= 15 is 0 Å². The Hall–Kier alpha value is -2.96. The largest absolute Gasteiger partial charge is 0.365 e. The first-order valence-corrected chi connectivity index (χ1v) is 7.05. The van der Waals surface area contributed by atoms with Crippen LogP contribution in [0.2, 0.25) is 0 Å². The molecule has 118 valence electrons. The van der Waals surface area contributed by atoms with Crippen LogP contribution in [0.3, 0.4) is 0 Å². The number of halogens is 1. The molecular weight excluding hydrogens is 301 g/mol. The molecule has 1 aromatic heterocycles.